The Labute approximate surface area is 86.5 Å². The second kappa shape index (κ2) is 4.60. The minimum Gasteiger partial charge on any atom is -0.393 e. The molecule has 0 amide bonds. The maximum Gasteiger partial charge on any atom is 0.0564 e. The van der Waals surface area contributed by atoms with Gasteiger partial charge in [0.1, 0.15) is 0 Å². The number of aliphatic hydroxyl groups excluding tert-OH is 1. The molecule has 0 aromatic carbocycles. The van der Waals surface area contributed by atoms with E-state index in [9.17, 15) is 5.11 Å². The molecule has 2 N–H and O–H groups in total. The second-order valence-corrected chi connectivity index (χ2v) is 4.71. The molecule has 3 heteroatoms. The molecule has 0 spiro atoms. The predicted molar refractivity (Wildman–Crippen MR) is 57.3 cm³/mol. The summed E-state index contributed by atoms with van der Waals surface area (Å²) in [5.41, 5.74) is 0. The minimum absolute atomic E-state index is 0.0463. The Morgan fingerprint density at radius 2 is 2.00 bits per heavy atom. The maximum absolute atomic E-state index is 9.43. The van der Waals surface area contributed by atoms with Gasteiger partial charge < -0.3 is 10.4 Å². The lowest BCUT2D eigenvalue weighted by Crippen LogP contribution is -2.49. The highest BCUT2D eigenvalue weighted by Gasteiger charge is 2.28. The van der Waals surface area contributed by atoms with E-state index in [0.29, 0.717) is 12.1 Å². The Morgan fingerprint density at radius 1 is 1.29 bits per heavy atom. The molecule has 0 aromatic heterocycles. The first kappa shape index (κ1) is 10.4. The van der Waals surface area contributed by atoms with Crippen LogP contribution in [0.1, 0.15) is 32.6 Å². The van der Waals surface area contributed by atoms with Crippen LogP contribution in [0.25, 0.3) is 0 Å². The first-order chi connectivity index (χ1) is 6.77. The van der Waals surface area contributed by atoms with Crippen molar-refractivity contribution in [3.05, 3.63) is 0 Å². The van der Waals surface area contributed by atoms with Gasteiger partial charge in [0.25, 0.3) is 0 Å². The van der Waals surface area contributed by atoms with Gasteiger partial charge in [-0.25, -0.2) is 0 Å². The lowest BCUT2D eigenvalue weighted by molar-refractivity contribution is 0.0567. The molecule has 0 aliphatic carbocycles. The molecule has 0 bridgehead atoms. The van der Waals surface area contributed by atoms with Crippen molar-refractivity contribution in [3.63, 3.8) is 0 Å². The van der Waals surface area contributed by atoms with E-state index in [-0.39, 0.29) is 6.10 Å². The third-order valence-electron chi connectivity index (χ3n) is 3.76. The van der Waals surface area contributed by atoms with Crippen LogP contribution in [0.15, 0.2) is 0 Å². The molecule has 2 aliphatic rings. The van der Waals surface area contributed by atoms with Gasteiger partial charge in [0.2, 0.25) is 0 Å². The minimum atomic E-state index is -0.0463. The Bertz CT molecular complexity index is 172. The van der Waals surface area contributed by atoms with Crippen LogP contribution in [0.5, 0.6) is 0 Å². The van der Waals surface area contributed by atoms with Crippen LogP contribution in [-0.2, 0) is 0 Å². The number of piperidine rings is 1. The summed E-state index contributed by atoms with van der Waals surface area (Å²) in [6, 6.07) is 1.33. The fraction of sp³-hybridized carbons (Fsp3) is 1.00. The molecule has 0 saturated carbocycles. The van der Waals surface area contributed by atoms with Gasteiger partial charge in [-0.05, 0) is 39.2 Å². The van der Waals surface area contributed by atoms with Crippen LogP contribution in [-0.4, -0.2) is 47.8 Å². The smallest absolute Gasteiger partial charge is 0.0564 e. The van der Waals surface area contributed by atoms with Crippen LogP contribution in [0.2, 0.25) is 0 Å². The highest BCUT2D eigenvalue weighted by Crippen LogP contribution is 2.18. The zero-order valence-electron chi connectivity index (χ0n) is 9.08. The maximum atomic E-state index is 9.43. The van der Waals surface area contributed by atoms with E-state index in [1.807, 2.05) is 0 Å². The Kier molecular flexibility index (Phi) is 3.42. The van der Waals surface area contributed by atoms with Crippen molar-refractivity contribution >= 4 is 0 Å². The van der Waals surface area contributed by atoms with Gasteiger partial charge >= 0.3 is 0 Å². The normalized spacial score (nSPS) is 33.4. The van der Waals surface area contributed by atoms with Gasteiger partial charge in [0, 0.05) is 25.2 Å². The van der Waals surface area contributed by atoms with Crippen molar-refractivity contribution < 1.29 is 5.11 Å². The van der Waals surface area contributed by atoms with Gasteiger partial charge in [-0.3, -0.25) is 4.90 Å². The molecule has 2 atom stereocenters. The average Bonchev–Trinajstić information content (AvgIpc) is 2.71. The van der Waals surface area contributed by atoms with Gasteiger partial charge in [-0.15, -0.1) is 0 Å². The molecule has 14 heavy (non-hydrogen) atoms. The first-order valence-corrected chi connectivity index (χ1v) is 5.93. The number of aliphatic hydroxyl groups is 1. The molecule has 2 fully saturated rings. The fourth-order valence-corrected chi connectivity index (χ4v) is 2.67. The van der Waals surface area contributed by atoms with E-state index < -0.39 is 0 Å². The van der Waals surface area contributed by atoms with Crippen LogP contribution in [0, 0.1) is 0 Å². The molecule has 2 rings (SSSR count). The third kappa shape index (κ3) is 2.27. The Balaban J connectivity index is 1.82. The van der Waals surface area contributed by atoms with Crippen molar-refractivity contribution in [1.29, 1.82) is 0 Å². The quantitative estimate of drug-likeness (QED) is 0.681. The zero-order chi connectivity index (χ0) is 9.97. The molecule has 2 saturated heterocycles. The summed E-state index contributed by atoms with van der Waals surface area (Å²) in [5.74, 6) is 0. The first-order valence-electron chi connectivity index (χ1n) is 5.93. The van der Waals surface area contributed by atoms with E-state index in [0.717, 1.165) is 25.9 Å². The topological polar surface area (TPSA) is 35.5 Å². The van der Waals surface area contributed by atoms with Gasteiger partial charge in [0.15, 0.2) is 0 Å². The predicted octanol–water partition coefficient (Wildman–Crippen LogP) is 0.584. The number of nitrogens with one attached hydrogen (secondary N) is 1. The van der Waals surface area contributed by atoms with Gasteiger partial charge in [0.05, 0.1) is 6.10 Å². The molecule has 2 unspecified atom stereocenters. The SMILES string of the molecule is CC(C1CCCN1)N1CCC(O)CC1. The molecular weight excluding hydrogens is 176 g/mol. The van der Waals surface area contributed by atoms with Crippen molar-refractivity contribution in [2.45, 2.75) is 50.8 Å². The summed E-state index contributed by atoms with van der Waals surface area (Å²) >= 11 is 0. The molecule has 0 aromatic rings. The summed E-state index contributed by atoms with van der Waals surface area (Å²) in [4.78, 5) is 2.52. The molecule has 2 heterocycles. The second-order valence-electron chi connectivity index (χ2n) is 4.71. The lowest BCUT2D eigenvalue weighted by Gasteiger charge is -2.37. The summed E-state index contributed by atoms with van der Waals surface area (Å²) in [7, 11) is 0. The number of likely N-dealkylation sites (tertiary alicyclic amines) is 1. The fourth-order valence-electron chi connectivity index (χ4n) is 2.67. The number of hydrogen-bond donors (Lipinski definition) is 2. The zero-order valence-corrected chi connectivity index (χ0v) is 9.08. The molecule has 82 valence electrons. The van der Waals surface area contributed by atoms with Crippen molar-refractivity contribution in [2.75, 3.05) is 19.6 Å². The van der Waals surface area contributed by atoms with E-state index in [1.54, 1.807) is 0 Å². The van der Waals surface area contributed by atoms with Crippen LogP contribution >= 0.6 is 0 Å². The van der Waals surface area contributed by atoms with E-state index in [1.165, 1.54) is 19.4 Å². The van der Waals surface area contributed by atoms with E-state index in [4.69, 9.17) is 0 Å². The molecule has 0 radical (unpaired) electrons. The van der Waals surface area contributed by atoms with Crippen LogP contribution in [0.4, 0.5) is 0 Å². The van der Waals surface area contributed by atoms with Crippen molar-refractivity contribution in [1.82, 2.24) is 10.2 Å². The monoisotopic (exact) mass is 198 g/mol. The summed E-state index contributed by atoms with van der Waals surface area (Å²) in [6.45, 7) is 5.65. The standard InChI is InChI=1S/C11H22N2O/c1-9(11-3-2-6-12-11)13-7-4-10(14)5-8-13/h9-12,14H,2-8H2,1H3. The number of hydrogen-bond acceptors (Lipinski definition) is 3. The van der Waals surface area contributed by atoms with E-state index in [2.05, 4.69) is 17.1 Å². The third-order valence-corrected chi connectivity index (χ3v) is 3.76. The number of nitrogens with zero attached hydrogens (tertiary/aromatic N) is 1. The van der Waals surface area contributed by atoms with Crippen molar-refractivity contribution in [3.8, 4) is 0 Å². The molecule has 2 aliphatic heterocycles. The van der Waals surface area contributed by atoms with Crippen LogP contribution in [0.3, 0.4) is 0 Å². The number of rotatable bonds is 2. The Hall–Kier alpha value is -0.120. The molecular formula is C11H22N2O. The Morgan fingerprint density at radius 3 is 2.57 bits per heavy atom. The average molecular weight is 198 g/mol. The summed E-state index contributed by atoms with van der Waals surface area (Å²) in [6.07, 6.45) is 4.51. The highest BCUT2D eigenvalue weighted by atomic mass is 16.3. The highest BCUT2D eigenvalue weighted by molar-refractivity contribution is 4.87. The van der Waals surface area contributed by atoms with Gasteiger partial charge in [-0.1, -0.05) is 0 Å². The largest absolute Gasteiger partial charge is 0.393 e. The van der Waals surface area contributed by atoms with E-state index >= 15 is 0 Å². The lowest BCUT2D eigenvalue weighted by atomic mass is 10.0. The van der Waals surface area contributed by atoms with Crippen LogP contribution < -0.4 is 5.32 Å². The summed E-state index contributed by atoms with van der Waals surface area (Å²) in [5, 5.41) is 13.0. The van der Waals surface area contributed by atoms with Crippen molar-refractivity contribution in [2.24, 2.45) is 0 Å². The van der Waals surface area contributed by atoms with Gasteiger partial charge in [-0.2, -0.15) is 0 Å². The molecule has 3 nitrogen and oxygen atoms in total. The summed E-state index contributed by atoms with van der Waals surface area (Å²) < 4.78 is 0.